The summed E-state index contributed by atoms with van der Waals surface area (Å²) in [7, 11) is 0. The van der Waals surface area contributed by atoms with Crippen molar-refractivity contribution in [3.8, 4) is 5.75 Å². The minimum atomic E-state index is 0.272. The lowest BCUT2D eigenvalue weighted by Gasteiger charge is -2.36. The van der Waals surface area contributed by atoms with Crippen molar-refractivity contribution in [1.29, 1.82) is 0 Å². The third-order valence-corrected chi connectivity index (χ3v) is 4.81. The van der Waals surface area contributed by atoms with Gasteiger partial charge in [0.25, 0.3) is 0 Å². The maximum Gasteiger partial charge on any atom is 0.133 e. The molecule has 0 aromatic heterocycles. The fraction of sp³-hybridized carbons (Fsp3) is 0.625. The van der Waals surface area contributed by atoms with Crippen molar-refractivity contribution >= 4 is 15.9 Å². The average molecular weight is 326 g/mol. The van der Waals surface area contributed by atoms with Crippen LogP contribution >= 0.6 is 15.9 Å². The largest absolute Gasteiger partial charge is 0.489 e. The number of nitrogens with two attached hydrogens (primary N) is 1. The minimum absolute atomic E-state index is 0.272. The van der Waals surface area contributed by atoms with Gasteiger partial charge >= 0.3 is 0 Å². The standard InChI is InChI=1S/C16H24BrNO/c1-2-5-12-8-9-13(11-18)16(10-12)19-15-7-4-3-6-14(15)17/h3-4,6-7,12-13,16H,2,5,8-11,18H2,1H3. The van der Waals surface area contributed by atoms with Gasteiger partial charge in [-0.2, -0.15) is 0 Å². The molecule has 0 bridgehead atoms. The molecule has 106 valence electrons. The van der Waals surface area contributed by atoms with Crippen LogP contribution in [0.25, 0.3) is 0 Å². The molecule has 3 heteroatoms. The number of ether oxygens (including phenoxy) is 1. The van der Waals surface area contributed by atoms with E-state index in [0.29, 0.717) is 5.92 Å². The number of hydrogen-bond acceptors (Lipinski definition) is 2. The van der Waals surface area contributed by atoms with E-state index in [1.54, 1.807) is 0 Å². The third-order valence-electron chi connectivity index (χ3n) is 4.15. The van der Waals surface area contributed by atoms with Gasteiger partial charge in [0.15, 0.2) is 0 Å². The van der Waals surface area contributed by atoms with Gasteiger partial charge in [0, 0.05) is 5.92 Å². The topological polar surface area (TPSA) is 35.2 Å². The average Bonchev–Trinajstić information content (AvgIpc) is 2.42. The molecule has 3 unspecified atom stereocenters. The molecule has 0 aliphatic heterocycles. The second-order valence-corrected chi connectivity index (χ2v) is 6.40. The summed E-state index contributed by atoms with van der Waals surface area (Å²) < 4.78 is 7.27. The first-order valence-corrected chi connectivity index (χ1v) is 8.15. The number of hydrogen-bond donors (Lipinski definition) is 1. The Morgan fingerprint density at radius 3 is 2.79 bits per heavy atom. The van der Waals surface area contributed by atoms with Gasteiger partial charge in [-0.1, -0.05) is 31.9 Å². The number of rotatable bonds is 5. The molecule has 1 fully saturated rings. The van der Waals surface area contributed by atoms with Crippen molar-refractivity contribution in [3.63, 3.8) is 0 Å². The van der Waals surface area contributed by atoms with E-state index in [0.717, 1.165) is 29.1 Å². The molecule has 1 aliphatic carbocycles. The van der Waals surface area contributed by atoms with Crippen LogP contribution in [0.2, 0.25) is 0 Å². The Morgan fingerprint density at radius 1 is 1.32 bits per heavy atom. The first-order chi connectivity index (χ1) is 9.24. The Hall–Kier alpha value is -0.540. The molecule has 0 saturated heterocycles. The zero-order valence-electron chi connectivity index (χ0n) is 11.6. The van der Waals surface area contributed by atoms with Crippen molar-refractivity contribution in [2.24, 2.45) is 17.6 Å². The molecule has 2 nitrogen and oxygen atoms in total. The fourth-order valence-electron chi connectivity index (χ4n) is 3.06. The number of para-hydroxylation sites is 1. The van der Waals surface area contributed by atoms with Gasteiger partial charge in [0.1, 0.15) is 11.9 Å². The number of halogens is 1. The summed E-state index contributed by atoms with van der Waals surface area (Å²) in [4.78, 5) is 0. The van der Waals surface area contributed by atoms with Crippen molar-refractivity contribution in [3.05, 3.63) is 28.7 Å². The van der Waals surface area contributed by atoms with Crippen molar-refractivity contribution in [2.45, 2.75) is 45.1 Å². The smallest absolute Gasteiger partial charge is 0.133 e. The van der Waals surface area contributed by atoms with E-state index in [1.165, 1.54) is 25.7 Å². The van der Waals surface area contributed by atoms with Gasteiger partial charge in [-0.3, -0.25) is 0 Å². The fourth-order valence-corrected chi connectivity index (χ4v) is 3.44. The highest BCUT2D eigenvalue weighted by Gasteiger charge is 2.31. The first kappa shape index (κ1) is 14.9. The summed E-state index contributed by atoms with van der Waals surface area (Å²) in [6, 6.07) is 8.09. The maximum absolute atomic E-state index is 6.24. The zero-order chi connectivity index (χ0) is 13.7. The highest BCUT2D eigenvalue weighted by atomic mass is 79.9. The molecule has 1 aliphatic rings. The van der Waals surface area contributed by atoms with E-state index in [1.807, 2.05) is 24.3 Å². The molecule has 3 atom stereocenters. The number of benzene rings is 1. The van der Waals surface area contributed by atoms with Crippen LogP contribution in [0.4, 0.5) is 0 Å². The van der Waals surface area contributed by atoms with Crippen LogP contribution < -0.4 is 10.5 Å². The molecule has 1 saturated carbocycles. The van der Waals surface area contributed by atoms with Gasteiger partial charge in [-0.05, 0) is 59.8 Å². The predicted octanol–water partition coefficient (Wildman–Crippen LogP) is 4.37. The molecule has 0 spiro atoms. The van der Waals surface area contributed by atoms with E-state index in [4.69, 9.17) is 10.5 Å². The van der Waals surface area contributed by atoms with Crippen LogP contribution in [0.3, 0.4) is 0 Å². The molecule has 2 rings (SSSR count). The second-order valence-electron chi connectivity index (χ2n) is 5.55. The van der Waals surface area contributed by atoms with E-state index >= 15 is 0 Å². The van der Waals surface area contributed by atoms with Crippen LogP contribution in [-0.2, 0) is 0 Å². The van der Waals surface area contributed by atoms with Crippen LogP contribution in [0.5, 0.6) is 5.75 Å². The minimum Gasteiger partial charge on any atom is -0.489 e. The first-order valence-electron chi connectivity index (χ1n) is 7.35. The quantitative estimate of drug-likeness (QED) is 0.872. The molecule has 1 aromatic carbocycles. The maximum atomic E-state index is 6.24. The Morgan fingerprint density at radius 2 is 2.11 bits per heavy atom. The van der Waals surface area contributed by atoms with Crippen molar-refractivity contribution in [1.82, 2.24) is 0 Å². The lowest BCUT2D eigenvalue weighted by molar-refractivity contribution is 0.0663. The Balaban J connectivity index is 2.04. The molecule has 0 heterocycles. The van der Waals surface area contributed by atoms with Crippen LogP contribution in [0, 0.1) is 11.8 Å². The van der Waals surface area contributed by atoms with Gasteiger partial charge in [-0.25, -0.2) is 0 Å². The van der Waals surface area contributed by atoms with Gasteiger partial charge in [-0.15, -0.1) is 0 Å². The highest BCUT2D eigenvalue weighted by molar-refractivity contribution is 9.10. The Kier molecular flexibility index (Phi) is 5.71. The molecular formula is C16H24BrNO. The van der Waals surface area contributed by atoms with Crippen molar-refractivity contribution < 1.29 is 4.74 Å². The van der Waals surface area contributed by atoms with E-state index in [-0.39, 0.29) is 6.10 Å². The van der Waals surface area contributed by atoms with Crippen LogP contribution in [-0.4, -0.2) is 12.6 Å². The van der Waals surface area contributed by atoms with Gasteiger partial charge in [0.2, 0.25) is 0 Å². The third kappa shape index (κ3) is 3.96. The lowest BCUT2D eigenvalue weighted by Crippen LogP contribution is -2.38. The summed E-state index contributed by atoms with van der Waals surface area (Å²) >= 11 is 3.55. The van der Waals surface area contributed by atoms with E-state index in [9.17, 15) is 0 Å². The zero-order valence-corrected chi connectivity index (χ0v) is 13.2. The lowest BCUT2D eigenvalue weighted by atomic mass is 9.78. The van der Waals surface area contributed by atoms with Crippen molar-refractivity contribution in [2.75, 3.05) is 6.54 Å². The Labute approximate surface area is 124 Å². The molecule has 19 heavy (non-hydrogen) atoms. The second kappa shape index (κ2) is 7.30. The van der Waals surface area contributed by atoms with Gasteiger partial charge < -0.3 is 10.5 Å². The Bertz CT molecular complexity index is 396. The molecule has 0 radical (unpaired) electrons. The summed E-state index contributed by atoms with van der Waals surface area (Å²) in [5.41, 5.74) is 5.91. The SMILES string of the molecule is CCCC1CCC(CN)C(Oc2ccccc2Br)C1. The summed E-state index contributed by atoms with van der Waals surface area (Å²) in [5.74, 6) is 2.25. The molecule has 1 aromatic rings. The van der Waals surface area contributed by atoms with E-state index < -0.39 is 0 Å². The highest BCUT2D eigenvalue weighted by Crippen LogP contribution is 2.35. The molecule has 2 N–H and O–H groups in total. The summed E-state index contributed by atoms with van der Waals surface area (Å²) in [6.07, 6.45) is 6.51. The normalized spacial score (nSPS) is 27.2. The van der Waals surface area contributed by atoms with E-state index in [2.05, 4.69) is 22.9 Å². The predicted molar refractivity (Wildman–Crippen MR) is 83.4 cm³/mol. The monoisotopic (exact) mass is 325 g/mol. The van der Waals surface area contributed by atoms with Crippen LogP contribution in [0.15, 0.2) is 28.7 Å². The van der Waals surface area contributed by atoms with Crippen LogP contribution in [0.1, 0.15) is 39.0 Å². The summed E-state index contributed by atoms with van der Waals surface area (Å²) in [6.45, 7) is 2.99. The molecule has 0 amide bonds. The summed E-state index contributed by atoms with van der Waals surface area (Å²) in [5, 5.41) is 0. The van der Waals surface area contributed by atoms with Gasteiger partial charge in [0.05, 0.1) is 4.47 Å². The molecular weight excluding hydrogens is 302 g/mol.